The van der Waals surface area contributed by atoms with Crippen LogP contribution >= 0.6 is 11.8 Å². The minimum atomic E-state index is -0.480. The van der Waals surface area contributed by atoms with Gasteiger partial charge in [-0.05, 0) is 48.9 Å². The van der Waals surface area contributed by atoms with Crippen molar-refractivity contribution in [3.8, 4) is 11.5 Å². The summed E-state index contributed by atoms with van der Waals surface area (Å²) in [6.07, 6.45) is 5.22. The summed E-state index contributed by atoms with van der Waals surface area (Å²) in [4.78, 5) is 10.3. The molecule has 0 bridgehead atoms. The van der Waals surface area contributed by atoms with Crippen LogP contribution in [0.15, 0.2) is 41.7 Å². The molecule has 5 nitrogen and oxygen atoms in total. The number of hydrogen-bond acceptors (Lipinski definition) is 6. The molecule has 25 heavy (non-hydrogen) atoms. The molecule has 3 heterocycles. The van der Waals surface area contributed by atoms with Crippen LogP contribution in [0.4, 0.5) is 4.39 Å². The fourth-order valence-corrected chi connectivity index (χ4v) is 4.60. The first-order valence-electron chi connectivity index (χ1n) is 8.44. The minimum absolute atomic E-state index is 0.197. The fraction of sp³-hybridized carbons (Fsp3) is 0.444. The summed E-state index contributed by atoms with van der Waals surface area (Å²) in [5.41, 5.74) is 0. The van der Waals surface area contributed by atoms with Crippen molar-refractivity contribution in [2.24, 2.45) is 11.8 Å². The molecule has 0 aromatic carbocycles. The number of aromatic nitrogens is 2. The Hall–Kier alpha value is -1.86. The SMILES string of the molecule is Oc1ccc(SCN2C[C@H]3CC(Oc4ccc(F)nc4)C[C@H]3C2)nc1. The third-order valence-electron chi connectivity index (χ3n) is 4.90. The third-order valence-corrected chi connectivity index (χ3v) is 5.93. The number of thioether (sulfide) groups is 1. The number of aromatic hydroxyl groups is 1. The Balaban J connectivity index is 1.24. The zero-order valence-electron chi connectivity index (χ0n) is 13.7. The van der Waals surface area contributed by atoms with Crippen molar-refractivity contribution in [1.82, 2.24) is 14.9 Å². The van der Waals surface area contributed by atoms with Crippen molar-refractivity contribution < 1.29 is 14.2 Å². The molecule has 0 spiro atoms. The van der Waals surface area contributed by atoms with E-state index in [1.807, 2.05) is 6.07 Å². The molecule has 3 atom stereocenters. The van der Waals surface area contributed by atoms with Crippen molar-refractivity contribution in [3.63, 3.8) is 0 Å². The van der Waals surface area contributed by atoms with Gasteiger partial charge in [0.2, 0.25) is 5.95 Å². The molecule has 1 unspecified atom stereocenters. The second kappa shape index (κ2) is 7.17. The molecule has 1 aliphatic carbocycles. The Bertz CT molecular complexity index is 699. The number of halogens is 1. The van der Waals surface area contributed by atoms with Gasteiger partial charge in [0, 0.05) is 13.1 Å². The number of rotatable bonds is 5. The summed E-state index contributed by atoms with van der Waals surface area (Å²) in [5.74, 6) is 2.60. The van der Waals surface area contributed by atoms with E-state index < -0.39 is 5.95 Å². The lowest BCUT2D eigenvalue weighted by Crippen LogP contribution is -2.24. The maximum Gasteiger partial charge on any atom is 0.213 e. The summed E-state index contributed by atoms with van der Waals surface area (Å²) in [6.45, 7) is 2.16. The first-order valence-corrected chi connectivity index (χ1v) is 9.42. The molecular formula is C18H20FN3O2S. The zero-order chi connectivity index (χ0) is 17.2. The summed E-state index contributed by atoms with van der Waals surface area (Å²) in [7, 11) is 0. The van der Waals surface area contributed by atoms with Gasteiger partial charge in [-0.3, -0.25) is 4.90 Å². The molecule has 1 aliphatic heterocycles. The predicted molar refractivity (Wildman–Crippen MR) is 93.0 cm³/mol. The van der Waals surface area contributed by atoms with Gasteiger partial charge in [0.15, 0.2) is 0 Å². The Morgan fingerprint density at radius 2 is 1.92 bits per heavy atom. The number of ether oxygens (including phenoxy) is 1. The van der Waals surface area contributed by atoms with Gasteiger partial charge in [-0.25, -0.2) is 9.97 Å². The van der Waals surface area contributed by atoms with Crippen LogP contribution in [0.1, 0.15) is 12.8 Å². The average Bonchev–Trinajstić information content (AvgIpc) is 3.14. The van der Waals surface area contributed by atoms with Gasteiger partial charge in [0.25, 0.3) is 0 Å². The van der Waals surface area contributed by atoms with Crippen LogP contribution in [0.3, 0.4) is 0 Å². The molecule has 132 valence electrons. The highest BCUT2D eigenvalue weighted by Crippen LogP contribution is 2.40. The molecule has 2 aromatic heterocycles. The molecule has 2 fully saturated rings. The summed E-state index contributed by atoms with van der Waals surface area (Å²) in [5, 5.41) is 10.2. The Morgan fingerprint density at radius 1 is 1.12 bits per heavy atom. The second-order valence-electron chi connectivity index (χ2n) is 6.71. The maximum absolute atomic E-state index is 12.9. The van der Waals surface area contributed by atoms with Crippen LogP contribution in [0, 0.1) is 17.8 Å². The van der Waals surface area contributed by atoms with Crippen molar-refractivity contribution in [1.29, 1.82) is 0 Å². The average molecular weight is 361 g/mol. The van der Waals surface area contributed by atoms with Crippen LogP contribution in [0.5, 0.6) is 11.5 Å². The van der Waals surface area contributed by atoms with E-state index in [0.29, 0.717) is 17.6 Å². The fourth-order valence-electron chi connectivity index (χ4n) is 3.78. The minimum Gasteiger partial charge on any atom is -0.506 e. The van der Waals surface area contributed by atoms with E-state index in [0.717, 1.165) is 36.8 Å². The van der Waals surface area contributed by atoms with E-state index in [1.54, 1.807) is 23.9 Å². The van der Waals surface area contributed by atoms with Crippen LogP contribution < -0.4 is 4.74 Å². The van der Waals surface area contributed by atoms with Gasteiger partial charge in [0.05, 0.1) is 29.4 Å². The Labute approximate surface area is 150 Å². The highest BCUT2D eigenvalue weighted by Gasteiger charge is 2.41. The molecule has 2 aliphatic rings. The molecule has 1 saturated carbocycles. The van der Waals surface area contributed by atoms with Crippen LogP contribution in [-0.4, -0.2) is 45.0 Å². The van der Waals surface area contributed by atoms with Gasteiger partial charge in [-0.2, -0.15) is 4.39 Å². The summed E-state index contributed by atoms with van der Waals surface area (Å²) in [6, 6.07) is 6.49. The number of hydrogen-bond donors (Lipinski definition) is 1. The van der Waals surface area contributed by atoms with Crippen LogP contribution in [0.25, 0.3) is 0 Å². The molecule has 0 amide bonds. The van der Waals surface area contributed by atoms with E-state index in [-0.39, 0.29) is 11.9 Å². The summed E-state index contributed by atoms with van der Waals surface area (Å²) >= 11 is 1.70. The molecule has 2 aromatic rings. The van der Waals surface area contributed by atoms with Crippen molar-refractivity contribution in [2.45, 2.75) is 24.0 Å². The number of nitrogens with zero attached hydrogens (tertiary/aromatic N) is 3. The highest BCUT2D eigenvalue weighted by atomic mass is 32.2. The van der Waals surface area contributed by atoms with Crippen molar-refractivity contribution >= 4 is 11.8 Å². The van der Waals surface area contributed by atoms with Crippen molar-refractivity contribution in [2.75, 3.05) is 19.0 Å². The van der Waals surface area contributed by atoms with Gasteiger partial charge in [0.1, 0.15) is 11.5 Å². The molecule has 7 heteroatoms. The first kappa shape index (κ1) is 16.6. The number of fused-ring (bicyclic) bond motifs is 1. The van der Waals surface area contributed by atoms with Crippen LogP contribution in [0.2, 0.25) is 0 Å². The molecule has 1 saturated heterocycles. The van der Waals surface area contributed by atoms with E-state index in [4.69, 9.17) is 4.74 Å². The standard InChI is InChI=1S/C18H20FN3O2S/c19-17-3-2-15(8-20-17)24-16-5-12-9-22(10-13(12)6-16)11-25-18-4-1-14(23)7-21-18/h1-4,7-8,12-13,16,23H,5-6,9-11H2/t12-,13+,16?. The molecule has 0 radical (unpaired) electrons. The van der Waals surface area contributed by atoms with E-state index in [1.165, 1.54) is 18.5 Å². The predicted octanol–water partition coefficient (Wildman–Crippen LogP) is 3.16. The highest BCUT2D eigenvalue weighted by molar-refractivity contribution is 7.99. The van der Waals surface area contributed by atoms with Crippen LogP contribution in [-0.2, 0) is 0 Å². The smallest absolute Gasteiger partial charge is 0.213 e. The first-order chi connectivity index (χ1) is 12.2. The van der Waals surface area contributed by atoms with Crippen molar-refractivity contribution in [3.05, 3.63) is 42.6 Å². The zero-order valence-corrected chi connectivity index (χ0v) is 14.5. The van der Waals surface area contributed by atoms with Gasteiger partial charge in [-0.1, -0.05) is 11.8 Å². The monoisotopic (exact) mass is 361 g/mol. The van der Waals surface area contributed by atoms with Gasteiger partial charge in [-0.15, -0.1) is 0 Å². The normalized spacial score (nSPS) is 25.9. The molecule has 1 N–H and O–H groups in total. The summed E-state index contributed by atoms with van der Waals surface area (Å²) < 4.78 is 18.8. The number of pyridine rings is 2. The second-order valence-corrected chi connectivity index (χ2v) is 7.68. The topological polar surface area (TPSA) is 58.5 Å². The lowest BCUT2D eigenvalue weighted by Gasteiger charge is -2.19. The lowest BCUT2D eigenvalue weighted by molar-refractivity contribution is 0.188. The molecular weight excluding hydrogens is 341 g/mol. The van der Waals surface area contributed by atoms with E-state index >= 15 is 0 Å². The van der Waals surface area contributed by atoms with E-state index in [2.05, 4.69) is 14.9 Å². The lowest BCUT2D eigenvalue weighted by atomic mass is 10.0. The van der Waals surface area contributed by atoms with Gasteiger partial charge >= 0.3 is 0 Å². The Morgan fingerprint density at radius 3 is 2.56 bits per heavy atom. The van der Waals surface area contributed by atoms with Gasteiger partial charge < -0.3 is 9.84 Å². The Kier molecular flexibility index (Phi) is 4.76. The quantitative estimate of drug-likeness (QED) is 0.652. The largest absolute Gasteiger partial charge is 0.506 e. The maximum atomic E-state index is 12.9. The molecule has 4 rings (SSSR count). The third kappa shape index (κ3) is 4.04. The van der Waals surface area contributed by atoms with E-state index in [9.17, 15) is 9.50 Å². The number of likely N-dealkylation sites (tertiary alicyclic amines) is 1.